The van der Waals surface area contributed by atoms with Crippen molar-refractivity contribution in [3.05, 3.63) is 29.6 Å². The third-order valence-corrected chi connectivity index (χ3v) is 5.34. The number of nitrogens with zero attached hydrogens (tertiary/aromatic N) is 1. The van der Waals surface area contributed by atoms with Gasteiger partial charge in [0.05, 0.1) is 10.5 Å². The third-order valence-electron chi connectivity index (χ3n) is 3.36. The van der Waals surface area contributed by atoms with E-state index in [1.165, 1.54) is 4.31 Å². The Kier molecular flexibility index (Phi) is 5.86. The van der Waals surface area contributed by atoms with Crippen LogP contribution in [0.25, 0.3) is 0 Å². The number of hydrogen-bond donors (Lipinski definition) is 1. The maximum atomic E-state index is 13.4. The highest BCUT2D eigenvalue weighted by molar-refractivity contribution is 7.89. The van der Waals surface area contributed by atoms with Crippen molar-refractivity contribution >= 4 is 16.0 Å². The van der Waals surface area contributed by atoms with Crippen LogP contribution in [-0.4, -0.2) is 36.9 Å². The summed E-state index contributed by atoms with van der Waals surface area (Å²) in [5.41, 5.74) is -0.418. The van der Waals surface area contributed by atoms with E-state index < -0.39 is 32.3 Å². The van der Waals surface area contributed by atoms with Gasteiger partial charge in [-0.05, 0) is 24.1 Å². The van der Waals surface area contributed by atoms with Crippen molar-refractivity contribution in [3.63, 3.8) is 0 Å². The van der Waals surface area contributed by atoms with Crippen molar-refractivity contribution in [1.29, 1.82) is 0 Å². The van der Waals surface area contributed by atoms with E-state index >= 15 is 0 Å². The largest absolute Gasteiger partial charge is 0.478 e. The van der Waals surface area contributed by atoms with Crippen LogP contribution in [0.15, 0.2) is 23.1 Å². The number of carboxylic acid groups (broad SMARTS) is 1. The first-order valence-corrected chi connectivity index (χ1v) is 8.21. The maximum Gasteiger partial charge on any atom is 0.337 e. The molecule has 5 nitrogen and oxygen atoms in total. The predicted octanol–water partition coefficient (Wildman–Crippen LogP) is 2.58. The van der Waals surface area contributed by atoms with E-state index in [0.717, 1.165) is 24.6 Å². The van der Waals surface area contributed by atoms with Gasteiger partial charge in [-0.2, -0.15) is 4.31 Å². The fourth-order valence-corrected chi connectivity index (χ4v) is 3.66. The molecule has 0 fully saturated rings. The molecular weight excluding hydrogens is 297 g/mol. The van der Waals surface area contributed by atoms with Crippen LogP contribution in [0.4, 0.5) is 4.39 Å². The first-order valence-electron chi connectivity index (χ1n) is 6.77. The molecule has 1 aromatic carbocycles. The summed E-state index contributed by atoms with van der Waals surface area (Å²) < 4.78 is 39.7. The van der Waals surface area contributed by atoms with E-state index in [1.807, 2.05) is 13.8 Å². The average molecular weight is 317 g/mol. The zero-order chi connectivity index (χ0) is 16.2. The third kappa shape index (κ3) is 4.01. The van der Waals surface area contributed by atoms with E-state index in [2.05, 4.69) is 0 Å². The van der Waals surface area contributed by atoms with Crippen molar-refractivity contribution in [3.8, 4) is 0 Å². The van der Waals surface area contributed by atoms with Gasteiger partial charge in [0.1, 0.15) is 5.82 Å². The molecule has 1 rings (SSSR count). The summed E-state index contributed by atoms with van der Waals surface area (Å²) in [6.45, 7) is 5.98. The minimum absolute atomic E-state index is 0.126. The molecule has 0 saturated carbocycles. The maximum absolute atomic E-state index is 13.4. The minimum Gasteiger partial charge on any atom is -0.478 e. The molecule has 1 N–H and O–H groups in total. The number of hydrogen-bond acceptors (Lipinski definition) is 3. The summed E-state index contributed by atoms with van der Waals surface area (Å²) in [5, 5.41) is 9.10. The number of carbonyl (C=O) groups is 1. The smallest absolute Gasteiger partial charge is 0.337 e. The first kappa shape index (κ1) is 17.6. The lowest BCUT2D eigenvalue weighted by molar-refractivity contribution is 0.0692. The molecule has 21 heavy (non-hydrogen) atoms. The number of sulfonamides is 1. The average Bonchev–Trinajstić information content (AvgIpc) is 2.43. The fraction of sp³-hybridized carbons (Fsp3) is 0.500. The van der Waals surface area contributed by atoms with E-state index in [9.17, 15) is 17.6 Å². The van der Waals surface area contributed by atoms with E-state index in [-0.39, 0.29) is 19.0 Å². The summed E-state index contributed by atoms with van der Waals surface area (Å²) >= 11 is 0. The minimum atomic E-state index is -4.04. The summed E-state index contributed by atoms with van der Waals surface area (Å²) in [6, 6.07) is 2.67. The van der Waals surface area contributed by atoms with Crippen LogP contribution in [0.2, 0.25) is 0 Å². The molecule has 0 radical (unpaired) electrons. The van der Waals surface area contributed by atoms with Crippen LogP contribution < -0.4 is 0 Å². The number of rotatable bonds is 7. The van der Waals surface area contributed by atoms with Crippen molar-refractivity contribution in [2.45, 2.75) is 32.1 Å². The zero-order valence-electron chi connectivity index (χ0n) is 12.3. The van der Waals surface area contributed by atoms with Gasteiger partial charge in [-0.3, -0.25) is 0 Å². The Morgan fingerprint density at radius 2 is 2.00 bits per heavy atom. The van der Waals surface area contributed by atoms with Crippen molar-refractivity contribution in [2.75, 3.05) is 13.1 Å². The van der Waals surface area contributed by atoms with Crippen molar-refractivity contribution < 1.29 is 22.7 Å². The number of carboxylic acids is 1. The predicted molar refractivity (Wildman–Crippen MR) is 77.2 cm³/mol. The summed E-state index contributed by atoms with van der Waals surface area (Å²) in [4.78, 5) is 10.7. The molecule has 0 saturated heterocycles. The molecule has 0 heterocycles. The molecule has 1 unspecified atom stereocenters. The van der Waals surface area contributed by atoms with Gasteiger partial charge in [0, 0.05) is 13.1 Å². The number of halogens is 1. The molecule has 0 spiro atoms. The van der Waals surface area contributed by atoms with Gasteiger partial charge in [0.2, 0.25) is 10.0 Å². The molecule has 0 aliphatic rings. The quantitative estimate of drug-likeness (QED) is 0.839. The Labute approximate surface area is 124 Å². The summed E-state index contributed by atoms with van der Waals surface area (Å²) in [7, 11) is -4.04. The van der Waals surface area contributed by atoms with Crippen LogP contribution in [0.3, 0.4) is 0 Å². The molecule has 7 heteroatoms. The van der Waals surface area contributed by atoms with Crippen LogP contribution in [0, 0.1) is 11.7 Å². The van der Waals surface area contributed by atoms with Crippen LogP contribution >= 0.6 is 0 Å². The fourth-order valence-electron chi connectivity index (χ4n) is 1.90. The monoisotopic (exact) mass is 317 g/mol. The Hall–Kier alpha value is -1.47. The molecule has 0 bridgehead atoms. The summed E-state index contributed by atoms with van der Waals surface area (Å²) in [6.07, 6.45) is 0.793. The molecule has 1 aromatic rings. The van der Waals surface area contributed by atoms with Gasteiger partial charge < -0.3 is 5.11 Å². The first-order chi connectivity index (χ1) is 9.73. The van der Waals surface area contributed by atoms with E-state index in [4.69, 9.17) is 5.11 Å². The highest BCUT2D eigenvalue weighted by Crippen LogP contribution is 2.23. The lowest BCUT2D eigenvalue weighted by Crippen LogP contribution is -2.35. The number of benzene rings is 1. The lowest BCUT2D eigenvalue weighted by Gasteiger charge is -2.24. The van der Waals surface area contributed by atoms with Gasteiger partial charge in [-0.15, -0.1) is 0 Å². The van der Waals surface area contributed by atoms with Crippen LogP contribution in [-0.2, 0) is 10.0 Å². The number of aromatic carboxylic acids is 1. The highest BCUT2D eigenvalue weighted by atomic mass is 32.2. The summed E-state index contributed by atoms with van der Waals surface area (Å²) in [5.74, 6) is -2.05. The molecule has 0 aliphatic heterocycles. The van der Waals surface area contributed by atoms with Gasteiger partial charge >= 0.3 is 5.97 Å². The Bertz CT molecular complexity index is 615. The second-order valence-electron chi connectivity index (χ2n) is 4.91. The van der Waals surface area contributed by atoms with E-state index in [1.54, 1.807) is 6.92 Å². The van der Waals surface area contributed by atoms with Gasteiger partial charge in [-0.25, -0.2) is 17.6 Å². The van der Waals surface area contributed by atoms with Crippen molar-refractivity contribution in [1.82, 2.24) is 4.31 Å². The second kappa shape index (κ2) is 7.00. The molecular formula is C14H20FNO4S. The Morgan fingerprint density at radius 1 is 1.38 bits per heavy atom. The zero-order valence-corrected chi connectivity index (χ0v) is 13.2. The van der Waals surface area contributed by atoms with Crippen molar-refractivity contribution in [2.24, 2.45) is 5.92 Å². The van der Waals surface area contributed by atoms with Gasteiger partial charge in [-0.1, -0.05) is 27.2 Å². The van der Waals surface area contributed by atoms with Crippen LogP contribution in [0.1, 0.15) is 37.6 Å². The normalized spacial score (nSPS) is 13.4. The SMILES string of the molecule is CCC(C)CN(CC)S(=O)(=O)c1cc(F)ccc1C(=O)O. The van der Waals surface area contributed by atoms with Gasteiger partial charge in [0.15, 0.2) is 0 Å². The molecule has 0 aromatic heterocycles. The molecule has 0 amide bonds. The molecule has 118 valence electrons. The topological polar surface area (TPSA) is 74.7 Å². The standard InChI is InChI=1S/C14H20FNO4S/c1-4-10(3)9-16(5-2)21(19,20)13-8-11(15)6-7-12(13)14(17)18/h6-8,10H,4-5,9H2,1-3H3,(H,17,18). The van der Waals surface area contributed by atoms with E-state index in [0.29, 0.717) is 0 Å². The van der Waals surface area contributed by atoms with Crippen LogP contribution in [0.5, 0.6) is 0 Å². The molecule has 0 aliphatic carbocycles. The Morgan fingerprint density at radius 3 is 2.48 bits per heavy atom. The highest BCUT2D eigenvalue weighted by Gasteiger charge is 2.29. The molecule has 1 atom stereocenters. The van der Waals surface area contributed by atoms with Gasteiger partial charge in [0.25, 0.3) is 0 Å². The second-order valence-corrected chi connectivity index (χ2v) is 6.82. The lowest BCUT2D eigenvalue weighted by atomic mass is 10.1. The Balaban J connectivity index is 3.34.